The monoisotopic (exact) mass is 335 g/mol. The molecular formula is C12H18INS. The van der Waals surface area contributed by atoms with E-state index in [1.807, 2.05) is 0 Å². The average Bonchev–Trinajstić information content (AvgIpc) is 2.59. The lowest BCUT2D eigenvalue weighted by Crippen LogP contribution is -2.16. The van der Waals surface area contributed by atoms with Crippen LogP contribution in [-0.2, 0) is 12.8 Å². The van der Waals surface area contributed by atoms with E-state index >= 15 is 0 Å². The molecule has 0 amide bonds. The van der Waals surface area contributed by atoms with Gasteiger partial charge in [0.2, 0.25) is 0 Å². The van der Waals surface area contributed by atoms with Crippen molar-refractivity contribution < 1.29 is 0 Å². The van der Waals surface area contributed by atoms with Gasteiger partial charge < -0.3 is 0 Å². The smallest absolute Gasteiger partial charge is 0.0335 e. The fraction of sp³-hybridized carbons (Fsp3) is 0.667. The lowest BCUT2D eigenvalue weighted by atomic mass is 9.83. The van der Waals surface area contributed by atoms with E-state index < -0.39 is 0 Å². The Hall–Kier alpha value is 0.360. The van der Waals surface area contributed by atoms with Crippen molar-refractivity contribution in [1.29, 1.82) is 0 Å². The molecule has 0 spiro atoms. The molecule has 0 aromatic carbocycles. The van der Waals surface area contributed by atoms with Crippen LogP contribution in [0.1, 0.15) is 37.9 Å². The quantitative estimate of drug-likeness (QED) is 0.737. The number of halogens is 1. The van der Waals surface area contributed by atoms with Crippen LogP contribution in [0.15, 0.2) is 12.3 Å². The van der Waals surface area contributed by atoms with Gasteiger partial charge >= 0.3 is 0 Å². The van der Waals surface area contributed by atoms with Gasteiger partial charge in [-0.15, -0.1) is 0 Å². The van der Waals surface area contributed by atoms with E-state index in [0.717, 1.165) is 11.8 Å². The Morgan fingerprint density at radius 3 is 3.07 bits per heavy atom. The number of fused-ring (bicyclic) bond motifs is 1. The van der Waals surface area contributed by atoms with Gasteiger partial charge in [-0.05, 0) is 49.1 Å². The minimum atomic E-state index is 0.840. The largest absolute Gasteiger partial charge is 0.287 e. The van der Waals surface area contributed by atoms with Crippen LogP contribution in [0, 0.1) is 11.8 Å². The Balaban J connectivity index is 2.10. The molecule has 0 saturated carbocycles. The molecule has 0 bridgehead atoms. The van der Waals surface area contributed by atoms with Crippen molar-refractivity contribution in [2.24, 2.45) is 11.8 Å². The number of aromatic nitrogens is 1. The predicted octanol–water partition coefficient (Wildman–Crippen LogP) is 4.49. The molecule has 1 atom stereocenters. The Bertz CT molecular complexity index is 319. The zero-order valence-electron chi connectivity index (χ0n) is 9.37. The minimum Gasteiger partial charge on any atom is -0.287 e. The Labute approximate surface area is 109 Å². The zero-order valence-corrected chi connectivity index (χ0v) is 12.3. The number of aryl methyl sites for hydroxylation is 1. The van der Waals surface area contributed by atoms with E-state index in [1.54, 1.807) is 20.4 Å². The van der Waals surface area contributed by atoms with Crippen LogP contribution in [-0.4, -0.2) is 3.97 Å². The third-order valence-corrected chi connectivity index (χ3v) is 4.99. The third-order valence-electron chi connectivity index (χ3n) is 3.23. The summed E-state index contributed by atoms with van der Waals surface area (Å²) in [5, 5.41) is 0. The molecular weight excluding hydrogens is 317 g/mol. The van der Waals surface area contributed by atoms with E-state index in [9.17, 15) is 0 Å². The normalized spacial score (nSPS) is 20.7. The minimum absolute atomic E-state index is 0.840. The lowest BCUT2D eigenvalue weighted by Gasteiger charge is -2.24. The number of nitrogens with zero attached hydrogens (tertiary/aromatic N) is 1. The van der Waals surface area contributed by atoms with E-state index in [2.05, 4.69) is 51.3 Å². The number of hydrogen-bond acceptors (Lipinski definition) is 1. The van der Waals surface area contributed by atoms with Gasteiger partial charge in [0.05, 0.1) is 0 Å². The first-order chi connectivity index (χ1) is 7.20. The average molecular weight is 335 g/mol. The number of hydrogen-bond donors (Lipinski definition) is 0. The maximum atomic E-state index is 2.37. The summed E-state index contributed by atoms with van der Waals surface area (Å²) in [6.07, 6.45) is 7.57. The topological polar surface area (TPSA) is 4.93 Å². The maximum absolute atomic E-state index is 2.37. The summed E-state index contributed by atoms with van der Waals surface area (Å²) in [7, 11) is 1.80. The van der Waals surface area contributed by atoms with Crippen molar-refractivity contribution in [3.63, 3.8) is 0 Å². The highest BCUT2D eigenvalue weighted by atomic mass is 127. The van der Waals surface area contributed by atoms with Crippen LogP contribution in [0.3, 0.4) is 0 Å². The first-order valence-corrected chi connectivity index (χ1v) is 9.00. The summed E-state index contributed by atoms with van der Waals surface area (Å²) < 4.78 is 2.34. The van der Waals surface area contributed by atoms with Gasteiger partial charge in [-0.25, -0.2) is 0 Å². The molecule has 1 aliphatic rings. The SMILES string of the molecule is CC(C)CC1CCc2ccn(SI)c2C1. The summed E-state index contributed by atoms with van der Waals surface area (Å²) in [4.78, 5) is 0. The molecule has 0 saturated heterocycles. The Kier molecular flexibility index (Phi) is 4.04. The highest BCUT2D eigenvalue weighted by molar-refractivity contribution is 14.2. The Morgan fingerprint density at radius 2 is 2.40 bits per heavy atom. The second-order valence-corrected chi connectivity index (χ2v) is 6.63. The molecule has 1 aromatic heterocycles. The Morgan fingerprint density at radius 1 is 1.60 bits per heavy atom. The molecule has 0 aliphatic heterocycles. The molecule has 1 aromatic rings. The fourth-order valence-corrected chi connectivity index (χ4v) is 4.09. The molecule has 1 aliphatic carbocycles. The van der Waals surface area contributed by atoms with Crippen molar-refractivity contribution in [3.8, 4) is 0 Å². The van der Waals surface area contributed by atoms with Gasteiger partial charge in [-0.3, -0.25) is 3.97 Å². The number of rotatable bonds is 3. The van der Waals surface area contributed by atoms with Gasteiger partial charge in [0.1, 0.15) is 0 Å². The first-order valence-electron chi connectivity index (χ1n) is 5.69. The molecule has 15 heavy (non-hydrogen) atoms. The first kappa shape index (κ1) is 11.8. The maximum Gasteiger partial charge on any atom is 0.0335 e. The zero-order chi connectivity index (χ0) is 10.8. The summed E-state index contributed by atoms with van der Waals surface area (Å²) in [6, 6.07) is 2.30. The molecule has 0 radical (unpaired) electrons. The third kappa shape index (κ3) is 2.73. The second-order valence-electron chi connectivity index (χ2n) is 4.92. The van der Waals surface area contributed by atoms with Crippen molar-refractivity contribution in [3.05, 3.63) is 23.5 Å². The van der Waals surface area contributed by atoms with Crippen molar-refractivity contribution >= 4 is 30.3 Å². The van der Waals surface area contributed by atoms with Gasteiger partial charge in [-0.2, -0.15) is 0 Å². The van der Waals surface area contributed by atoms with Crippen LogP contribution < -0.4 is 0 Å². The standard InChI is InChI=1S/C12H18INS/c1-9(2)7-10-3-4-11-5-6-14(15-13)12(11)8-10/h5-6,9-10H,3-4,7-8H2,1-2H3. The van der Waals surface area contributed by atoms with Crippen LogP contribution >= 0.6 is 30.3 Å². The predicted molar refractivity (Wildman–Crippen MR) is 76.4 cm³/mol. The summed E-state index contributed by atoms with van der Waals surface area (Å²) in [6.45, 7) is 4.67. The van der Waals surface area contributed by atoms with E-state index in [-0.39, 0.29) is 0 Å². The molecule has 84 valence electrons. The molecule has 0 fully saturated rings. The van der Waals surface area contributed by atoms with Crippen molar-refractivity contribution in [1.82, 2.24) is 3.97 Å². The molecule has 1 nitrogen and oxygen atoms in total. The van der Waals surface area contributed by atoms with Gasteiger partial charge in [0.15, 0.2) is 0 Å². The highest BCUT2D eigenvalue weighted by Crippen LogP contribution is 2.33. The van der Waals surface area contributed by atoms with Crippen LogP contribution in [0.4, 0.5) is 0 Å². The molecule has 1 heterocycles. The highest BCUT2D eigenvalue weighted by Gasteiger charge is 2.22. The van der Waals surface area contributed by atoms with Crippen LogP contribution in [0.2, 0.25) is 0 Å². The van der Waals surface area contributed by atoms with Crippen LogP contribution in [0.5, 0.6) is 0 Å². The second kappa shape index (κ2) is 5.13. The molecule has 3 heteroatoms. The van der Waals surface area contributed by atoms with E-state index in [4.69, 9.17) is 0 Å². The van der Waals surface area contributed by atoms with E-state index in [0.29, 0.717) is 0 Å². The molecule has 2 rings (SSSR count). The summed E-state index contributed by atoms with van der Waals surface area (Å²) >= 11 is 2.37. The summed E-state index contributed by atoms with van der Waals surface area (Å²) in [5.74, 6) is 1.75. The van der Waals surface area contributed by atoms with Crippen molar-refractivity contribution in [2.75, 3.05) is 0 Å². The van der Waals surface area contributed by atoms with Crippen LogP contribution in [0.25, 0.3) is 0 Å². The van der Waals surface area contributed by atoms with Crippen molar-refractivity contribution in [2.45, 2.75) is 39.5 Å². The molecule has 0 N–H and O–H groups in total. The summed E-state index contributed by atoms with van der Waals surface area (Å²) in [5.41, 5.74) is 3.16. The van der Waals surface area contributed by atoms with E-state index in [1.165, 1.54) is 25.7 Å². The fourth-order valence-electron chi connectivity index (χ4n) is 2.60. The van der Waals surface area contributed by atoms with Gasteiger partial charge in [0, 0.05) is 42.2 Å². The molecule has 1 unspecified atom stereocenters. The van der Waals surface area contributed by atoms with Gasteiger partial charge in [-0.1, -0.05) is 13.8 Å². The van der Waals surface area contributed by atoms with Gasteiger partial charge in [0.25, 0.3) is 0 Å². The lowest BCUT2D eigenvalue weighted by molar-refractivity contribution is 0.366.